The summed E-state index contributed by atoms with van der Waals surface area (Å²) in [6.45, 7) is 5.80. The Balaban J connectivity index is 1.62. The lowest BCUT2D eigenvalue weighted by molar-refractivity contribution is 0.128. The quantitative estimate of drug-likeness (QED) is 0.688. The zero-order valence-corrected chi connectivity index (χ0v) is 10.00. The van der Waals surface area contributed by atoms with Crippen molar-refractivity contribution in [3.8, 4) is 0 Å². The summed E-state index contributed by atoms with van der Waals surface area (Å²) >= 11 is 0. The second-order valence-electron chi connectivity index (χ2n) is 4.68. The molecule has 0 spiro atoms. The zero-order chi connectivity index (χ0) is 11.3. The van der Waals surface area contributed by atoms with Crippen molar-refractivity contribution in [2.24, 2.45) is 5.41 Å². The van der Waals surface area contributed by atoms with E-state index in [0.717, 1.165) is 26.3 Å². The van der Waals surface area contributed by atoms with Gasteiger partial charge in [0.25, 0.3) is 0 Å². The van der Waals surface area contributed by atoms with Gasteiger partial charge < -0.3 is 14.5 Å². The molecule has 1 aliphatic carbocycles. The van der Waals surface area contributed by atoms with E-state index in [2.05, 4.69) is 12.2 Å². The van der Waals surface area contributed by atoms with Crippen LogP contribution in [0.5, 0.6) is 0 Å². The summed E-state index contributed by atoms with van der Waals surface area (Å²) in [5, 5.41) is 3.50. The summed E-state index contributed by atoms with van der Waals surface area (Å²) in [5.41, 5.74) is 1.75. The first-order valence-electron chi connectivity index (χ1n) is 6.14. The third-order valence-corrected chi connectivity index (χ3v) is 3.35. The molecule has 3 heteroatoms. The van der Waals surface area contributed by atoms with Crippen LogP contribution in [0.2, 0.25) is 0 Å². The fraction of sp³-hybridized carbons (Fsp3) is 0.692. The van der Waals surface area contributed by atoms with Crippen molar-refractivity contribution >= 4 is 0 Å². The van der Waals surface area contributed by atoms with Gasteiger partial charge in [-0.15, -0.1) is 0 Å². The highest BCUT2D eigenvalue weighted by Crippen LogP contribution is 2.48. The molecular weight excluding hydrogens is 202 g/mol. The molecule has 1 heterocycles. The number of furan rings is 1. The first-order valence-corrected chi connectivity index (χ1v) is 6.14. The Bertz CT molecular complexity index is 291. The molecule has 1 N–H and O–H groups in total. The first-order chi connectivity index (χ1) is 7.85. The van der Waals surface area contributed by atoms with E-state index in [1.807, 2.05) is 6.07 Å². The van der Waals surface area contributed by atoms with Crippen LogP contribution in [0.4, 0.5) is 0 Å². The van der Waals surface area contributed by atoms with E-state index in [4.69, 9.17) is 9.15 Å². The molecule has 0 unspecified atom stereocenters. The Morgan fingerprint density at radius 1 is 1.50 bits per heavy atom. The van der Waals surface area contributed by atoms with Gasteiger partial charge in [-0.2, -0.15) is 0 Å². The van der Waals surface area contributed by atoms with Crippen LogP contribution in [-0.2, 0) is 11.3 Å². The topological polar surface area (TPSA) is 34.4 Å². The maximum atomic E-state index is 5.42. The summed E-state index contributed by atoms with van der Waals surface area (Å²) in [4.78, 5) is 0. The average molecular weight is 223 g/mol. The van der Waals surface area contributed by atoms with E-state index in [1.165, 1.54) is 24.8 Å². The van der Waals surface area contributed by atoms with E-state index in [9.17, 15) is 0 Å². The molecule has 1 fully saturated rings. The molecule has 2 rings (SSSR count). The Labute approximate surface area is 97.2 Å². The Morgan fingerprint density at radius 3 is 3.00 bits per heavy atom. The number of ether oxygens (including phenoxy) is 1. The maximum absolute atomic E-state index is 5.42. The first kappa shape index (κ1) is 11.7. The van der Waals surface area contributed by atoms with Gasteiger partial charge in [0.05, 0.1) is 12.5 Å². The predicted molar refractivity (Wildman–Crippen MR) is 63.2 cm³/mol. The predicted octanol–water partition coefficient (Wildman–Crippen LogP) is 2.58. The number of nitrogens with one attached hydrogen (secondary N) is 1. The van der Waals surface area contributed by atoms with Crippen molar-refractivity contribution in [3.05, 3.63) is 24.2 Å². The highest BCUT2D eigenvalue weighted by molar-refractivity contribution is 5.05. The van der Waals surface area contributed by atoms with Gasteiger partial charge in [0, 0.05) is 31.9 Å². The van der Waals surface area contributed by atoms with Gasteiger partial charge in [-0.3, -0.25) is 0 Å². The minimum absolute atomic E-state index is 0.527. The van der Waals surface area contributed by atoms with Crippen LogP contribution in [-0.4, -0.2) is 19.8 Å². The Kier molecular flexibility index (Phi) is 4.02. The molecule has 0 radical (unpaired) electrons. The number of hydrogen-bond acceptors (Lipinski definition) is 3. The number of rotatable bonds is 8. The van der Waals surface area contributed by atoms with Crippen LogP contribution in [0.3, 0.4) is 0 Å². The van der Waals surface area contributed by atoms with Gasteiger partial charge in [-0.25, -0.2) is 0 Å². The third-order valence-electron chi connectivity index (χ3n) is 3.35. The van der Waals surface area contributed by atoms with Crippen molar-refractivity contribution in [3.63, 3.8) is 0 Å². The van der Waals surface area contributed by atoms with Gasteiger partial charge in [0.1, 0.15) is 0 Å². The molecule has 1 aromatic rings. The second-order valence-corrected chi connectivity index (χ2v) is 4.68. The molecular formula is C13H21NO2. The fourth-order valence-corrected chi connectivity index (χ4v) is 1.99. The standard InChI is InChI=1S/C13H21NO2/c1-2-15-8-6-13(4-5-13)11-14-9-12-3-7-16-10-12/h3,7,10,14H,2,4-6,8-9,11H2,1H3. The molecule has 1 aromatic heterocycles. The fourth-order valence-electron chi connectivity index (χ4n) is 1.99. The summed E-state index contributed by atoms with van der Waals surface area (Å²) in [7, 11) is 0. The van der Waals surface area contributed by atoms with Crippen molar-refractivity contribution in [1.29, 1.82) is 0 Å². The smallest absolute Gasteiger partial charge is 0.0947 e. The van der Waals surface area contributed by atoms with Crippen LogP contribution in [0.1, 0.15) is 31.7 Å². The van der Waals surface area contributed by atoms with Crippen LogP contribution in [0, 0.1) is 5.41 Å². The molecule has 0 aliphatic heterocycles. The molecule has 0 amide bonds. The molecule has 0 atom stereocenters. The molecule has 90 valence electrons. The highest BCUT2D eigenvalue weighted by Gasteiger charge is 2.41. The van der Waals surface area contributed by atoms with Crippen molar-refractivity contribution in [2.75, 3.05) is 19.8 Å². The van der Waals surface area contributed by atoms with E-state index >= 15 is 0 Å². The average Bonchev–Trinajstić information content (AvgIpc) is 2.86. The molecule has 1 saturated carbocycles. The lowest BCUT2D eigenvalue weighted by Crippen LogP contribution is -2.24. The minimum atomic E-state index is 0.527. The molecule has 0 bridgehead atoms. The van der Waals surface area contributed by atoms with Gasteiger partial charge in [-0.05, 0) is 37.7 Å². The summed E-state index contributed by atoms with van der Waals surface area (Å²) < 4.78 is 10.5. The normalized spacial score (nSPS) is 17.6. The van der Waals surface area contributed by atoms with Gasteiger partial charge >= 0.3 is 0 Å². The molecule has 16 heavy (non-hydrogen) atoms. The van der Waals surface area contributed by atoms with E-state index in [-0.39, 0.29) is 0 Å². The zero-order valence-electron chi connectivity index (χ0n) is 10.00. The maximum Gasteiger partial charge on any atom is 0.0947 e. The summed E-state index contributed by atoms with van der Waals surface area (Å²) in [5.74, 6) is 0. The van der Waals surface area contributed by atoms with Gasteiger partial charge in [0.2, 0.25) is 0 Å². The summed E-state index contributed by atoms with van der Waals surface area (Å²) in [6, 6.07) is 2.01. The lowest BCUT2D eigenvalue weighted by Gasteiger charge is -2.15. The Hall–Kier alpha value is -0.800. The van der Waals surface area contributed by atoms with Crippen LogP contribution < -0.4 is 5.32 Å². The molecule has 3 nitrogen and oxygen atoms in total. The van der Waals surface area contributed by atoms with E-state index in [0.29, 0.717) is 5.41 Å². The third kappa shape index (κ3) is 3.35. The van der Waals surface area contributed by atoms with Gasteiger partial charge in [-0.1, -0.05) is 0 Å². The molecule has 1 aliphatic rings. The van der Waals surface area contributed by atoms with Gasteiger partial charge in [0.15, 0.2) is 0 Å². The highest BCUT2D eigenvalue weighted by atomic mass is 16.5. The lowest BCUT2D eigenvalue weighted by atomic mass is 10.0. The SMILES string of the molecule is CCOCCC1(CNCc2ccoc2)CC1. The monoisotopic (exact) mass is 223 g/mol. The minimum Gasteiger partial charge on any atom is -0.472 e. The second kappa shape index (κ2) is 5.51. The largest absolute Gasteiger partial charge is 0.472 e. The van der Waals surface area contributed by atoms with Crippen molar-refractivity contribution < 1.29 is 9.15 Å². The van der Waals surface area contributed by atoms with Crippen molar-refractivity contribution in [2.45, 2.75) is 32.7 Å². The molecule has 0 saturated heterocycles. The summed E-state index contributed by atoms with van der Waals surface area (Å²) in [6.07, 6.45) is 7.40. The molecule has 0 aromatic carbocycles. The Morgan fingerprint density at radius 2 is 2.38 bits per heavy atom. The van der Waals surface area contributed by atoms with Crippen LogP contribution >= 0.6 is 0 Å². The van der Waals surface area contributed by atoms with E-state index in [1.54, 1.807) is 12.5 Å². The van der Waals surface area contributed by atoms with Crippen LogP contribution in [0.25, 0.3) is 0 Å². The van der Waals surface area contributed by atoms with Crippen molar-refractivity contribution in [1.82, 2.24) is 5.32 Å². The van der Waals surface area contributed by atoms with Crippen LogP contribution in [0.15, 0.2) is 23.0 Å². The van der Waals surface area contributed by atoms with E-state index < -0.39 is 0 Å². The number of hydrogen-bond donors (Lipinski definition) is 1.